The van der Waals surface area contributed by atoms with Crippen molar-refractivity contribution >= 4 is 11.9 Å². The summed E-state index contributed by atoms with van der Waals surface area (Å²) < 4.78 is 6.54. The number of carboxylic acid groups (broad SMARTS) is 1. The van der Waals surface area contributed by atoms with E-state index in [9.17, 15) is 9.59 Å². The Labute approximate surface area is 104 Å². The van der Waals surface area contributed by atoms with E-state index in [1.165, 1.54) is 12.5 Å². The van der Waals surface area contributed by atoms with Crippen molar-refractivity contribution in [2.75, 3.05) is 26.3 Å². The van der Waals surface area contributed by atoms with E-state index in [1.807, 2.05) is 0 Å². The van der Waals surface area contributed by atoms with Crippen LogP contribution in [0.25, 0.3) is 0 Å². The average molecular weight is 256 g/mol. The predicted octanol–water partition coefficient (Wildman–Crippen LogP) is -1.33. The van der Waals surface area contributed by atoms with Gasteiger partial charge in [0, 0.05) is 25.8 Å². The molecule has 1 rings (SSSR count). The van der Waals surface area contributed by atoms with Gasteiger partial charge in [-0.2, -0.15) is 0 Å². The highest BCUT2D eigenvalue weighted by Gasteiger charge is 2.06. The summed E-state index contributed by atoms with van der Waals surface area (Å²) in [6.07, 6.45) is 2.81. The van der Waals surface area contributed by atoms with Crippen molar-refractivity contribution in [1.29, 1.82) is 0 Å². The fourth-order valence-corrected chi connectivity index (χ4v) is 1.22. The predicted molar refractivity (Wildman–Crippen MR) is 62.1 cm³/mol. The number of nitrogens with one attached hydrogen (secondary N) is 1. The number of hydrogen-bond acceptors (Lipinski definition) is 5. The fraction of sp³-hybridized carbons (Fsp3) is 0.500. The number of hydrogen-bond donors (Lipinski definition) is 3. The summed E-state index contributed by atoms with van der Waals surface area (Å²) >= 11 is 0. The summed E-state index contributed by atoms with van der Waals surface area (Å²) in [4.78, 5) is 25.5. The summed E-state index contributed by atoms with van der Waals surface area (Å²) in [7, 11) is 0. The molecule has 4 N–H and O–H groups in total. The van der Waals surface area contributed by atoms with Crippen LogP contribution >= 0.6 is 0 Å². The average Bonchev–Trinajstić information content (AvgIpc) is 2.78. The second-order valence-electron chi connectivity index (χ2n) is 3.49. The van der Waals surface area contributed by atoms with Crippen LogP contribution < -0.4 is 11.1 Å². The van der Waals surface area contributed by atoms with Gasteiger partial charge in [0.15, 0.2) is 5.69 Å². The third-order valence-electron chi connectivity index (χ3n) is 2.04. The van der Waals surface area contributed by atoms with Gasteiger partial charge in [0.2, 0.25) is 5.91 Å². The monoisotopic (exact) mass is 256 g/mol. The molecule has 0 unspecified atom stereocenters. The van der Waals surface area contributed by atoms with E-state index in [2.05, 4.69) is 10.3 Å². The van der Waals surface area contributed by atoms with Crippen LogP contribution in [0, 0.1) is 0 Å². The minimum absolute atomic E-state index is 0.0207. The van der Waals surface area contributed by atoms with E-state index < -0.39 is 5.97 Å². The zero-order valence-corrected chi connectivity index (χ0v) is 9.83. The Balaban J connectivity index is 2.20. The molecule has 0 radical (unpaired) electrons. The number of amides is 1. The van der Waals surface area contributed by atoms with Gasteiger partial charge in [0.05, 0.1) is 12.9 Å². The first-order valence-corrected chi connectivity index (χ1v) is 5.43. The first-order chi connectivity index (χ1) is 8.63. The molecular weight excluding hydrogens is 240 g/mol. The molecule has 1 aromatic rings. The van der Waals surface area contributed by atoms with E-state index in [4.69, 9.17) is 15.6 Å². The van der Waals surface area contributed by atoms with Crippen LogP contribution in [0.1, 0.15) is 10.5 Å². The Morgan fingerprint density at radius 2 is 2.33 bits per heavy atom. The maximum Gasteiger partial charge on any atom is 0.356 e. The van der Waals surface area contributed by atoms with Gasteiger partial charge in [0.25, 0.3) is 0 Å². The van der Waals surface area contributed by atoms with Crippen LogP contribution in [-0.4, -0.2) is 52.8 Å². The molecule has 0 saturated carbocycles. The maximum absolute atomic E-state index is 11.2. The number of nitrogens with two attached hydrogens (primary N) is 1. The summed E-state index contributed by atoms with van der Waals surface area (Å²) in [6, 6.07) is 0. The first kappa shape index (κ1) is 14.1. The van der Waals surface area contributed by atoms with Crippen LogP contribution in [0.2, 0.25) is 0 Å². The topological polar surface area (TPSA) is 119 Å². The van der Waals surface area contributed by atoms with Gasteiger partial charge < -0.3 is 25.5 Å². The molecular formula is C10H16N4O4. The Morgan fingerprint density at radius 1 is 1.56 bits per heavy atom. The van der Waals surface area contributed by atoms with Crippen molar-refractivity contribution in [1.82, 2.24) is 14.9 Å². The fourth-order valence-electron chi connectivity index (χ4n) is 1.22. The summed E-state index contributed by atoms with van der Waals surface area (Å²) in [5.74, 6) is -1.31. The number of ether oxygens (including phenoxy) is 1. The molecule has 0 aliphatic carbocycles. The minimum Gasteiger partial charge on any atom is -0.476 e. The zero-order valence-electron chi connectivity index (χ0n) is 9.83. The first-order valence-electron chi connectivity index (χ1n) is 5.43. The van der Waals surface area contributed by atoms with Crippen LogP contribution in [0.5, 0.6) is 0 Å². The second kappa shape index (κ2) is 7.41. The Kier molecular flexibility index (Phi) is 5.81. The van der Waals surface area contributed by atoms with Gasteiger partial charge in [-0.05, 0) is 0 Å². The van der Waals surface area contributed by atoms with E-state index in [-0.39, 0.29) is 18.2 Å². The number of carbonyl (C=O) groups excluding carboxylic acids is 1. The van der Waals surface area contributed by atoms with E-state index in [0.29, 0.717) is 26.2 Å². The van der Waals surface area contributed by atoms with Crippen LogP contribution in [0.15, 0.2) is 12.5 Å². The lowest BCUT2D eigenvalue weighted by molar-refractivity contribution is -0.125. The van der Waals surface area contributed by atoms with Crippen molar-refractivity contribution in [3.05, 3.63) is 18.2 Å². The molecule has 18 heavy (non-hydrogen) atoms. The maximum atomic E-state index is 11.2. The Hall–Kier alpha value is -1.93. The molecule has 0 aliphatic heterocycles. The Morgan fingerprint density at radius 3 is 2.94 bits per heavy atom. The van der Waals surface area contributed by atoms with Gasteiger partial charge in [-0.15, -0.1) is 0 Å². The lowest BCUT2D eigenvalue weighted by atomic mass is 10.5. The number of carboxylic acids is 1. The molecule has 0 aliphatic rings. The van der Waals surface area contributed by atoms with Crippen LogP contribution in [0.3, 0.4) is 0 Å². The van der Waals surface area contributed by atoms with Crippen molar-refractivity contribution < 1.29 is 19.4 Å². The molecule has 1 amide bonds. The molecule has 1 heterocycles. The molecule has 100 valence electrons. The quantitative estimate of drug-likeness (QED) is 0.496. The van der Waals surface area contributed by atoms with Gasteiger partial charge >= 0.3 is 5.97 Å². The largest absolute Gasteiger partial charge is 0.476 e. The lowest BCUT2D eigenvalue weighted by Crippen LogP contribution is -2.31. The van der Waals surface area contributed by atoms with Crippen molar-refractivity contribution in [2.24, 2.45) is 5.73 Å². The number of aromatic nitrogens is 2. The molecule has 0 atom stereocenters. The van der Waals surface area contributed by atoms with Crippen LogP contribution in [-0.2, 0) is 16.1 Å². The normalized spacial score (nSPS) is 10.3. The van der Waals surface area contributed by atoms with Gasteiger partial charge in [0.1, 0.15) is 6.61 Å². The molecule has 8 nitrogen and oxygen atoms in total. The SMILES string of the molecule is NCCOCC(=O)NCCn1cnc(C(=O)O)c1. The van der Waals surface area contributed by atoms with Crippen molar-refractivity contribution in [2.45, 2.75) is 6.54 Å². The van der Waals surface area contributed by atoms with Crippen LogP contribution in [0.4, 0.5) is 0 Å². The molecule has 8 heteroatoms. The molecule has 0 bridgehead atoms. The zero-order chi connectivity index (χ0) is 13.4. The number of carbonyl (C=O) groups is 2. The number of imidazole rings is 1. The minimum atomic E-state index is -1.08. The van der Waals surface area contributed by atoms with E-state index >= 15 is 0 Å². The highest BCUT2D eigenvalue weighted by atomic mass is 16.5. The molecule has 0 fully saturated rings. The van der Waals surface area contributed by atoms with Gasteiger partial charge in [-0.1, -0.05) is 0 Å². The third-order valence-corrected chi connectivity index (χ3v) is 2.04. The van der Waals surface area contributed by atoms with Crippen molar-refractivity contribution in [3.8, 4) is 0 Å². The number of aromatic carboxylic acids is 1. The summed E-state index contributed by atoms with van der Waals surface area (Å²) in [5, 5.41) is 11.3. The smallest absolute Gasteiger partial charge is 0.356 e. The number of rotatable bonds is 8. The standard InChI is InChI=1S/C10H16N4O4/c11-1-4-18-6-9(15)12-2-3-14-5-8(10(16)17)13-7-14/h5,7H,1-4,6,11H2,(H,12,15)(H,16,17). The summed E-state index contributed by atoms with van der Waals surface area (Å²) in [5.41, 5.74) is 5.18. The molecule has 1 aromatic heterocycles. The summed E-state index contributed by atoms with van der Waals surface area (Å²) in [6.45, 7) is 1.52. The number of nitrogens with zero attached hydrogens (tertiary/aromatic N) is 2. The highest BCUT2D eigenvalue weighted by Crippen LogP contribution is 1.95. The Bertz CT molecular complexity index is 404. The van der Waals surface area contributed by atoms with Gasteiger partial charge in [-0.3, -0.25) is 4.79 Å². The molecule has 0 saturated heterocycles. The van der Waals surface area contributed by atoms with E-state index in [1.54, 1.807) is 4.57 Å². The van der Waals surface area contributed by atoms with E-state index in [0.717, 1.165) is 0 Å². The van der Waals surface area contributed by atoms with Crippen molar-refractivity contribution in [3.63, 3.8) is 0 Å². The second-order valence-corrected chi connectivity index (χ2v) is 3.49. The molecule has 0 spiro atoms. The van der Waals surface area contributed by atoms with Gasteiger partial charge in [-0.25, -0.2) is 9.78 Å². The highest BCUT2D eigenvalue weighted by molar-refractivity contribution is 5.84. The third kappa shape index (κ3) is 4.93. The lowest BCUT2D eigenvalue weighted by Gasteiger charge is -2.05. The molecule has 0 aromatic carbocycles.